The van der Waals surface area contributed by atoms with E-state index >= 15 is 0 Å². The van der Waals surface area contributed by atoms with Crippen molar-refractivity contribution in [1.82, 2.24) is 10.2 Å². The van der Waals surface area contributed by atoms with Crippen LogP contribution in [0.2, 0.25) is 0 Å². The van der Waals surface area contributed by atoms with Gasteiger partial charge in [0, 0.05) is 28.4 Å². The molecule has 0 bridgehead atoms. The number of nitrogens with zero attached hydrogens (tertiary/aromatic N) is 1. The maximum absolute atomic E-state index is 10.8. The SMILES string of the molecule is O=S(=O)(Cl)CCc1cc(-c2ccccc2)n[nH]1. The van der Waals surface area contributed by atoms with E-state index < -0.39 is 9.05 Å². The number of aromatic amines is 1. The molecule has 2 rings (SSSR count). The zero-order valence-corrected chi connectivity index (χ0v) is 10.5. The Morgan fingerprint density at radius 2 is 1.94 bits per heavy atom. The van der Waals surface area contributed by atoms with Gasteiger partial charge in [0.05, 0.1) is 11.4 Å². The molecule has 2 aromatic rings. The van der Waals surface area contributed by atoms with Crippen molar-refractivity contribution >= 4 is 19.7 Å². The van der Waals surface area contributed by atoms with Gasteiger partial charge in [-0.25, -0.2) is 8.42 Å². The van der Waals surface area contributed by atoms with Gasteiger partial charge in [0.25, 0.3) is 0 Å². The summed E-state index contributed by atoms with van der Waals surface area (Å²) < 4.78 is 21.6. The molecule has 0 aliphatic carbocycles. The Balaban J connectivity index is 2.12. The molecule has 6 heteroatoms. The van der Waals surface area contributed by atoms with Crippen LogP contribution in [0.25, 0.3) is 11.3 Å². The van der Waals surface area contributed by atoms with Crippen LogP contribution < -0.4 is 0 Å². The van der Waals surface area contributed by atoms with Crippen molar-refractivity contribution in [3.05, 3.63) is 42.1 Å². The molecule has 1 aromatic carbocycles. The van der Waals surface area contributed by atoms with E-state index in [0.29, 0.717) is 6.42 Å². The Morgan fingerprint density at radius 3 is 2.59 bits per heavy atom. The number of hydrogen-bond donors (Lipinski definition) is 1. The zero-order valence-electron chi connectivity index (χ0n) is 8.93. The Bertz CT molecular complexity index is 593. The first-order valence-electron chi connectivity index (χ1n) is 5.07. The quantitative estimate of drug-likeness (QED) is 0.866. The van der Waals surface area contributed by atoms with E-state index in [9.17, 15) is 8.42 Å². The lowest BCUT2D eigenvalue weighted by Gasteiger charge is -1.93. The van der Waals surface area contributed by atoms with Crippen molar-refractivity contribution in [2.45, 2.75) is 6.42 Å². The van der Waals surface area contributed by atoms with Gasteiger partial charge in [-0.2, -0.15) is 5.10 Å². The van der Waals surface area contributed by atoms with Crippen molar-refractivity contribution in [3.8, 4) is 11.3 Å². The summed E-state index contributed by atoms with van der Waals surface area (Å²) in [6.07, 6.45) is 0.339. The highest BCUT2D eigenvalue weighted by atomic mass is 35.7. The minimum atomic E-state index is -3.45. The number of hydrogen-bond acceptors (Lipinski definition) is 3. The van der Waals surface area contributed by atoms with E-state index in [1.54, 1.807) is 0 Å². The first-order valence-corrected chi connectivity index (χ1v) is 7.54. The van der Waals surface area contributed by atoms with Gasteiger partial charge in [0.2, 0.25) is 9.05 Å². The van der Waals surface area contributed by atoms with Gasteiger partial charge in [-0.15, -0.1) is 0 Å². The Morgan fingerprint density at radius 1 is 1.24 bits per heavy atom. The van der Waals surface area contributed by atoms with Crippen LogP contribution in [0.15, 0.2) is 36.4 Å². The average Bonchev–Trinajstić information content (AvgIpc) is 2.75. The van der Waals surface area contributed by atoms with Crippen LogP contribution in [-0.2, 0) is 15.5 Å². The number of aromatic nitrogens is 2. The molecule has 0 atom stereocenters. The van der Waals surface area contributed by atoms with E-state index in [2.05, 4.69) is 10.2 Å². The summed E-state index contributed by atoms with van der Waals surface area (Å²) >= 11 is 0. The summed E-state index contributed by atoms with van der Waals surface area (Å²) in [6, 6.07) is 11.5. The summed E-state index contributed by atoms with van der Waals surface area (Å²) in [5.74, 6) is -0.0923. The molecule has 90 valence electrons. The van der Waals surface area contributed by atoms with Crippen LogP contribution in [0, 0.1) is 0 Å². The molecule has 1 N–H and O–H groups in total. The normalized spacial score (nSPS) is 11.6. The molecule has 0 fully saturated rings. The largest absolute Gasteiger partial charge is 0.282 e. The van der Waals surface area contributed by atoms with Gasteiger partial charge in [0.15, 0.2) is 0 Å². The Labute approximate surface area is 104 Å². The van der Waals surface area contributed by atoms with Crippen molar-refractivity contribution in [3.63, 3.8) is 0 Å². The monoisotopic (exact) mass is 270 g/mol. The molecule has 0 aliphatic rings. The second-order valence-electron chi connectivity index (χ2n) is 3.64. The highest BCUT2D eigenvalue weighted by molar-refractivity contribution is 8.13. The summed E-state index contributed by atoms with van der Waals surface area (Å²) in [7, 11) is 1.69. The van der Waals surface area contributed by atoms with Crippen LogP contribution in [0.3, 0.4) is 0 Å². The lowest BCUT2D eigenvalue weighted by Crippen LogP contribution is -2.01. The zero-order chi connectivity index (χ0) is 12.3. The predicted molar refractivity (Wildman–Crippen MR) is 67.4 cm³/mol. The van der Waals surface area contributed by atoms with E-state index in [4.69, 9.17) is 10.7 Å². The van der Waals surface area contributed by atoms with Crippen molar-refractivity contribution in [1.29, 1.82) is 0 Å². The minimum Gasteiger partial charge on any atom is -0.282 e. The maximum Gasteiger partial charge on any atom is 0.232 e. The van der Waals surface area contributed by atoms with Gasteiger partial charge < -0.3 is 0 Å². The van der Waals surface area contributed by atoms with Crippen molar-refractivity contribution in [2.75, 3.05) is 5.75 Å². The van der Waals surface area contributed by atoms with E-state index in [1.807, 2.05) is 36.4 Å². The fourth-order valence-corrected chi connectivity index (χ4v) is 2.17. The second-order valence-corrected chi connectivity index (χ2v) is 6.53. The fraction of sp³-hybridized carbons (Fsp3) is 0.182. The third-order valence-electron chi connectivity index (χ3n) is 2.32. The molecule has 1 aromatic heterocycles. The van der Waals surface area contributed by atoms with Gasteiger partial charge in [-0.3, -0.25) is 5.10 Å². The first kappa shape index (κ1) is 12.1. The van der Waals surface area contributed by atoms with Crippen LogP contribution >= 0.6 is 10.7 Å². The highest BCUT2D eigenvalue weighted by Crippen LogP contribution is 2.17. The molecule has 0 amide bonds. The summed E-state index contributed by atoms with van der Waals surface area (Å²) in [5, 5.41) is 6.93. The summed E-state index contributed by atoms with van der Waals surface area (Å²) in [6.45, 7) is 0. The van der Waals surface area contributed by atoms with Gasteiger partial charge in [-0.1, -0.05) is 30.3 Å². The average molecular weight is 271 g/mol. The number of aryl methyl sites for hydroxylation is 1. The lowest BCUT2D eigenvalue weighted by atomic mass is 10.1. The third-order valence-corrected chi connectivity index (χ3v) is 3.47. The topological polar surface area (TPSA) is 62.8 Å². The standard InChI is InChI=1S/C11H11ClN2O2S/c12-17(15,16)7-6-10-8-11(14-13-10)9-4-2-1-3-5-9/h1-5,8H,6-7H2,(H,13,14). The van der Waals surface area contributed by atoms with Crippen LogP contribution in [0.5, 0.6) is 0 Å². The molecular weight excluding hydrogens is 260 g/mol. The van der Waals surface area contributed by atoms with Crippen LogP contribution in [0.1, 0.15) is 5.69 Å². The maximum atomic E-state index is 10.8. The summed E-state index contributed by atoms with van der Waals surface area (Å²) in [4.78, 5) is 0. The van der Waals surface area contributed by atoms with Crippen molar-refractivity contribution < 1.29 is 8.42 Å². The van der Waals surface area contributed by atoms with Gasteiger partial charge in [0.1, 0.15) is 0 Å². The van der Waals surface area contributed by atoms with Crippen molar-refractivity contribution in [2.24, 2.45) is 0 Å². The summed E-state index contributed by atoms with van der Waals surface area (Å²) in [5.41, 5.74) is 2.55. The highest BCUT2D eigenvalue weighted by Gasteiger charge is 2.08. The van der Waals surface area contributed by atoms with E-state index in [1.165, 1.54) is 0 Å². The molecule has 0 aliphatic heterocycles. The molecule has 1 heterocycles. The first-order chi connectivity index (χ1) is 8.04. The smallest absolute Gasteiger partial charge is 0.232 e. The minimum absolute atomic E-state index is 0.0923. The molecule has 17 heavy (non-hydrogen) atoms. The Hall–Kier alpha value is -1.33. The molecular formula is C11H11ClN2O2S. The second kappa shape index (κ2) is 4.89. The molecule has 4 nitrogen and oxygen atoms in total. The number of nitrogens with one attached hydrogen (secondary N) is 1. The van der Waals surface area contributed by atoms with E-state index in [-0.39, 0.29) is 5.75 Å². The van der Waals surface area contributed by atoms with Gasteiger partial charge in [-0.05, 0) is 6.07 Å². The van der Waals surface area contributed by atoms with E-state index in [0.717, 1.165) is 17.0 Å². The molecule has 0 saturated heterocycles. The molecule has 0 saturated carbocycles. The number of H-pyrrole nitrogens is 1. The molecule has 0 unspecified atom stereocenters. The Kier molecular flexibility index (Phi) is 3.49. The van der Waals surface area contributed by atoms with Crippen LogP contribution in [0.4, 0.5) is 0 Å². The molecule has 0 radical (unpaired) electrons. The number of rotatable bonds is 4. The predicted octanol–water partition coefficient (Wildman–Crippen LogP) is 2.19. The fourth-order valence-electron chi connectivity index (χ4n) is 1.48. The molecule has 0 spiro atoms. The third kappa shape index (κ3) is 3.57. The van der Waals surface area contributed by atoms with Gasteiger partial charge >= 0.3 is 0 Å². The van der Waals surface area contributed by atoms with Crippen LogP contribution in [-0.4, -0.2) is 24.4 Å². The number of benzene rings is 1. The lowest BCUT2D eigenvalue weighted by molar-refractivity contribution is 0.608. The number of halogens is 1.